The van der Waals surface area contributed by atoms with Gasteiger partial charge in [-0.2, -0.15) is 0 Å². The molecule has 0 spiro atoms. The van der Waals surface area contributed by atoms with Crippen LogP contribution in [-0.2, 0) is 33.1 Å². The lowest BCUT2D eigenvalue weighted by molar-refractivity contribution is 0.680. The Kier molecular flexibility index (Phi) is 5.72. The van der Waals surface area contributed by atoms with E-state index in [0.29, 0.717) is 11.5 Å². The molecule has 0 heterocycles. The average Bonchev–Trinajstić information content (AvgIpc) is 2.64. The van der Waals surface area contributed by atoms with Gasteiger partial charge in [-0.3, -0.25) is 8.42 Å². The Balaban J connectivity index is 1.78. The summed E-state index contributed by atoms with van der Waals surface area (Å²) in [5.41, 5.74) is 1.98. The number of hydrogen-bond donors (Lipinski definition) is 0. The fourth-order valence-electron chi connectivity index (χ4n) is 2.43. The van der Waals surface area contributed by atoms with Gasteiger partial charge in [-0.05, 0) is 35.4 Å². The van der Waals surface area contributed by atoms with E-state index < -0.39 is 21.6 Å². The first-order valence-corrected chi connectivity index (χ1v) is 10.3. The summed E-state index contributed by atoms with van der Waals surface area (Å²) in [6.45, 7) is 0. The van der Waals surface area contributed by atoms with E-state index in [0.717, 1.165) is 20.9 Å². The number of hydrogen-bond acceptors (Lipinski definition) is 2. The quantitative estimate of drug-likeness (QED) is 0.661. The summed E-state index contributed by atoms with van der Waals surface area (Å²) in [4.78, 5) is 1.63. The SMILES string of the molecule is O=[S@](Cc1ccccc1C[S@](=O)c1ccccc1)c1ccccc1. The minimum absolute atomic E-state index is 0.437. The largest absolute Gasteiger partial charge is 0.254 e. The van der Waals surface area contributed by atoms with Gasteiger partial charge in [-0.25, -0.2) is 0 Å². The van der Waals surface area contributed by atoms with Crippen LogP contribution in [0.4, 0.5) is 0 Å². The lowest BCUT2D eigenvalue weighted by Crippen LogP contribution is -2.03. The van der Waals surface area contributed by atoms with E-state index in [1.165, 1.54) is 0 Å². The summed E-state index contributed by atoms with van der Waals surface area (Å²) in [5.74, 6) is 0.873. The third-order valence-corrected chi connectivity index (χ3v) is 6.45. The molecule has 0 fully saturated rings. The van der Waals surface area contributed by atoms with Gasteiger partial charge in [0.25, 0.3) is 0 Å². The molecule has 4 heteroatoms. The fourth-order valence-corrected chi connectivity index (χ4v) is 4.82. The van der Waals surface area contributed by atoms with Gasteiger partial charge >= 0.3 is 0 Å². The van der Waals surface area contributed by atoms with E-state index in [2.05, 4.69) is 0 Å². The summed E-state index contributed by atoms with van der Waals surface area (Å²) in [5, 5.41) is 0. The van der Waals surface area contributed by atoms with Crippen LogP contribution in [0.25, 0.3) is 0 Å². The maximum Gasteiger partial charge on any atom is 0.0574 e. The lowest BCUT2D eigenvalue weighted by Gasteiger charge is -2.10. The zero-order valence-electron chi connectivity index (χ0n) is 13.1. The molecule has 122 valence electrons. The molecule has 0 aliphatic heterocycles. The Hall–Kier alpha value is -2.04. The highest BCUT2D eigenvalue weighted by Gasteiger charge is 2.11. The molecule has 3 rings (SSSR count). The van der Waals surface area contributed by atoms with Gasteiger partial charge in [-0.15, -0.1) is 0 Å². The minimum Gasteiger partial charge on any atom is -0.254 e. The first-order chi connectivity index (χ1) is 11.7. The molecule has 0 aromatic heterocycles. The minimum atomic E-state index is -1.10. The Morgan fingerprint density at radius 1 is 0.500 bits per heavy atom. The van der Waals surface area contributed by atoms with E-state index in [-0.39, 0.29) is 0 Å². The highest BCUT2D eigenvalue weighted by molar-refractivity contribution is 7.84. The van der Waals surface area contributed by atoms with Crippen molar-refractivity contribution in [1.82, 2.24) is 0 Å². The van der Waals surface area contributed by atoms with Crippen molar-refractivity contribution in [2.45, 2.75) is 21.3 Å². The van der Waals surface area contributed by atoms with Gasteiger partial charge in [0, 0.05) is 9.79 Å². The van der Waals surface area contributed by atoms with E-state index in [9.17, 15) is 8.42 Å². The summed E-state index contributed by atoms with van der Waals surface area (Å²) < 4.78 is 25.1. The molecule has 0 unspecified atom stereocenters. The van der Waals surface area contributed by atoms with Crippen LogP contribution in [0.5, 0.6) is 0 Å². The maximum atomic E-state index is 12.6. The fraction of sp³-hybridized carbons (Fsp3) is 0.100. The third kappa shape index (κ3) is 4.28. The molecular weight excluding hydrogens is 336 g/mol. The molecule has 0 N–H and O–H groups in total. The molecule has 2 nitrogen and oxygen atoms in total. The van der Waals surface area contributed by atoms with Gasteiger partial charge in [0.2, 0.25) is 0 Å². The first kappa shape index (κ1) is 16.8. The molecule has 0 amide bonds. The van der Waals surface area contributed by atoms with Crippen molar-refractivity contribution in [3.63, 3.8) is 0 Å². The van der Waals surface area contributed by atoms with Crippen molar-refractivity contribution in [3.05, 3.63) is 96.1 Å². The molecule has 2 atom stereocenters. The zero-order chi connectivity index (χ0) is 16.8. The molecule has 0 saturated heterocycles. The second kappa shape index (κ2) is 8.18. The van der Waals surface area contributed by atoms with Crippen molar-refractivity contribution >= 4 is 21.6 Å². The van der Waals surface area contributed by atoms with Gasteiger partial charge < -0.3 is 0 Å². The second-order valence-electron chi connectivity index (χ2n) is 5.37. The van der Waals surface area contributed by atoms with Crippen LogP contribution in [-0.4, -0.2) is 8.42 Å². The predicted octanol–water partition coefficient (Wildman–Crippen LogP) is 4.30. The maximum absolute atomic E-state index is 12.6. The average molecular weight is 354 g/mol. The highest BCUT2D eigenvalue weighted by Crippen LogP contribution is 2.19. The first-order valence-electron chi connectivity index (χ1n) is 7.67. The van der Waals surface area contributed by atoms with Gasteiger partial charge in [0.1, 0.15) is 0 Å². The molecule has 0 aliphatic carbocycles. The van der Waals surface area contributed by atoms with Gasteiger partial charge in [0.05, 0.1) is 33.1 Å². The Morgan fingerprint density at radius 3 is 1.21 bits per heavy atom. The normalized spacial score (nSPS) is 13.3. The van der Waals surface area contributed by atoms with Crippen LogP contribution in [0, 0.1) is 0 Å². The molecule has 0 saturated carbocycles. The molecule has 24 heavy (non-hydrogen) atoms. The van der Waals surface area contributed by atoms with Crippen LogP contribution in [0.2, 0.25) is 0 Å². The highest BCUT2D eigenvalue weighted by atomic mass is 32.2. The van der Waals surface area contributed by atoms with Gasteiger partial charge in [0.15, 0.2) is 0 Å². The van der Waals surface area contributed by atoms with Crippen LogP contribution in [0.1, 0.15) is 11.1 Å². The van der Waals surface area contributed by atoms with E-state index >= 15 is 0 Å². The standard InChI is InChI=1S/C20H18O2S2/c21-23(19-11-3-1-4-12-19)15-17-9-7-8-10-18(17)16-24(22)20-13-5-2-6-14-20/h1-14H,15-16H2/t23-,24+. The van der Waals surface area contributed by atoms with E-state index in [1.54, 1.807) is 0 Å². The molecule has 0 radical (unpaired) electrons. The molecular formula is C20H18O2S2. The Morgan fingerprint density at radius 2 is 0.833 bits per heavy atom. The van der Waals surface area contributed by atoms with Crippen LogP contribution < -0.4 is 0 Å². The lowest BCUT2D eigenvalue weighted by atomic mass is 10.1. The molecule has 0 bridgehead atoms. The van der Waals surface area contributed by atoms with Gasteiger partial charge in [-0.1, -0.05) is 60.7 Å². The topological polar surface area (TPSA) is 34.1 Å². The summed E-state index contributed by atoms with van der Waals surface area (Å²) in [6.07, 6.45) is 0. The number of rotatable bonds is 6. The van der Waals surface area contributed by atoms with Crippen LogP contribution in [0.3, 0.4) is 0 Å². The van der Waals surface area contributed by atoms with Crippen LogP contribution >= 0.6 is 0 Å². The third-order valence-electron chi connectivity index (χ3n) is 3.70. The van der Waals surface area contributed by atoms with Crippen molar-refractivity contribution in [2.24, 2.45) is 0 Å². The summed E-state index contributed by atoms with van der Waals surface area (Å²) >= 11 is 0. The smallest absolute Gasteiger partial charge is 0.0574 e. The zero-order valence-corrected chi connectivity index (χ0v) is 14.8. The Labute approximate surface area is 147 Å². The second-order valence-corrected chi connectivity index (χ2v) is 8.28. The monoisotopic (exact) mass is 354 g/mol. The Bertz CT molecular complexity index is 773. The summed E-state index contributed by atoms with van der Waals surface area (Å²) in [6, 6.07) is 26.7. The van der Waals surface area contributed by atoms with Crippen molar-refractivity contribution < 1.29 is 8.42 Å². The number of benzene rings is 3. The van der Waals surface area contributed by atoms with E-state index in [1.807, 2.05) is 84.9 Å². The summed E-state index contributed by atoms with van der Waals surface area (Å²) in [7, 11) is -2.21. The molecule has 3 aromatic rings. The molecule has 3 aromatic carbocycles. The molecule has 0 aliphatic rings. The van der Waals surface area contributed by atoms with Crippen molar-refractivity contribution in [3.8, 4) is 0 Å². The predicted molar refractivity (Wildman–Crippen MR) is 99.6 cm³/mol. The van der Waals surface area contributed by atoms with E-state index in [4.69, 9.17) is 0 Å². The van der Waals surface area contributed by atoms with Crippen molar-refractivity contribution in [1.29, 1.82) is 0 Å². The van der Waals surface area contributed by atoms with Crippen molar-refractivity contribution in [2.75, 3.05) is 0 Å². The van der Waals surface area contributed by atoms with Crippen LogP contribution in [0.15, 0.2) is 94.7 Å².